The maximum absolute atomic E-state index is 4.05. The summed E-state index contributed by atoms with van der Waals surface area (Å²) in [5.74, 6) is 0. The maximum Gasteiger partial charge on any atom is 0.102 e. The smallest absolute Gasteiger partial charge is 0.102 e. The van der Waals surface area contributed by atoms with Crippen molar-refractivity contribution >= 4 is 5.69 Å². The predicted molar refractivity (Wildman–Crippen MR) is 66.8 cm³/mol. The average molecular weight is 228 g/mol. The lowest BCUT2D eigenvalue weighted by Crippen LogP contribution is -2.00. The van der Waals surface area contributed by atoms with Gasteiger partial charge in [-0.3, -0.25) is 4.68 Å². The minimum atomic E-state index is 0.729. The van der Waals surface area contributed by atoms with E-state index in [0.717, 1.165) is 12.2 Å². The molecule has 0 saturated heterocycles. The summed E-state index contributed by atoms with van der Waals surface area (Å²) in [5.41, 5.74) is 5.15. The summed E-state index contributed by atoms with van der Waals surface area (Å²) in [6, 6.07) is 6.65. The van der Waals surface area contributed by atoms with E-state index in [1.165, 1.54) is 36.1 Å². The van der Waals surface area contributed by atoms with E-state index in [9.17, 15) is 0 Å². The molecule has 0 unspecified atom stereocenters. The molecule has 1 N–H and O–H groups in total. The second-order valence-corrected chi connectivity index (χ2v) is 4.57. The minimum absolute atomic E-state index is 0.729. The topological polar surface area (TPSA) is 42.7 Å². The van der Waals surface area contributed by atoms with E-state index in [-0.39, 0.29) is 0 Å². The number of nitrogens with one attached hydrogen (secondary N) is 1. The molecule has 2 aromatic rings. The van der Waals surface area contributed by atoms with Crippen molar-refractivity contribution in [3.8, 4) is 0 Å². The molecular formula is C13H16N4. The maximum atomic E-state index is 4.05. The molecule has 4 heteroatoms. The molecule has 0 spiro atoms. The first-order valence-corrected chi connectivity index (χ1v) is 6.02. The van der Waals surface area contributed by atoms with Gasteiger partial charge in [0.05, 0.1) is 6.54 Å². The van der Waals surface area contributed by atoms with Crippen molar-refractivity contribution in [2.45, 2.75) is 25.8 Å². The summed E-state index contributed by atoms with van der Waals surface area (Å²) >= 11 is 0. The summed E-state index contributed by atoms with van der Waals surface area (Å²) in [6.07, 6.45) is 5.68. The van der Waals surface area contributed by atoms with Gasteiger partial charge in [0, 0.05) is 18.9 Å². The van der Waals surface area contributed by atoms with E-state index >= 15 is 0 Å². The number of hydrogen-bond acceptors (Lipinski definition) is 3. The van der Waals surface area contributed by atoms with Crippen LogP contribution in [0.3, 0.4) is 0 Å². The summed E-state index contributed by atoms with van der Waals surface area (Å²) in [6.45, 7) is 0.729. The van der Waals surface area contributed by atoms with Crippen LogP contribution in [0.1, 0.15) is 23.2 Å². The Labute approximate surface area is 101 Å². The first kappa shape index (κ1) is 10.3. The van der Waals surface area contributed by atoms with Gasteiger partial charge in [-0.15, -0.1) is 5.10 Å². The number of rotatable bonds is 3. The Bertz CT molecular complexity index is 530. The van der Waals surface area contributed by atoms with Crippen LogP contribution >= 0.6 is 0 Å². The molecular weight excluding hydrogens is 212 g/mol. The average Bonchev–Trinajstić information content (AvgIpc) is 2.94. The van der Waals surface area contributed by atoms with Crippen LogP contribution in [0.4, 0.5) is 5.69 Å². The molecule has 1 aromatic heterocycles. The van der Waals surface area contributed by atoms with Gasteiger partial charge in [-0.25, -0.2) is 0 Å². The normalized spacial score (nSPS) is 13.7. The van der Waals surface area contributed by atoms with Gasteiger partial charge in [-0.05, 0) is 42.5 Å². The highest BCUT2D eigenvalue weighted by Crippen LogP contribution is 2.24. The van der Waals surface area contributed by atoms with E-state index in [0.29, 0.717) is 0 Å². The first-order chi connectivity index (χ1) is 8.31. The van der Waals surface area contributed by atoms with Crippen molar-refractivity contribution in [1.82, 2.24) is 15.0 Å². The molecule has 4 nitrogen and oxygen atoms in total. The van der Waals surface area contributed by atoms with Crippen LogP contribution in [-0.2, 0) is 26.4 Å². The molecule has 0 fully saturated rings. The van der Waals surface area contributed by atoms with Crippen molar-refractivity contribution < 1.29 is 0 Å². The monoisotopic (exact) mass is 228 g/mol. The van der Waals surface area contributed by atoms with Crippen LogP contribution in [0.15, 0.2) is 24.4 Å². The van der Waals surface area contributed by atoms with E-state index in [1.54, 1.807) is 4.68 Å². The molecule has 88 valence electrons. The molecule has 1 heterocycles. The SMILES string of the molecule is Cn1cc(CNc2ccc3c(c2)CCC3)nn1. The fourth-order valence-electron chi connectivity index (χ4n) is 2.35. The van der Waals surface area contributed by atoms with Crippen molar-refractivity contribution in [2.75, 3.05) is 5.32 Å². The highest BCUT2D eigenvalue weighted by molar-refractivity contribution is 5.50. The molecule has 17 heavy (non-hydrogen) atoms. The van der Waals surface area contributed by atoms with Crippen molar-refractivity contribution in [3.63, 3.8) is 0 Å². The summed E-state index contributed by atoms with van der Waals surface area (Å²) in [5, 5.41) is 11.4. The second-order valence-electron chi connectivity index (χ2n) is 4.57. The van der Waals surface area contributed by atoms with Gasteiger partial charge >= 0.3 is 0 Å². The van der Waals surface area contributed by atoms with Gasteiger partial charge in [0.15, 0.2) is 0 Å². The number of benzene rings is 1. The van der Waals surface area contributed by atoms with E-state index in [1.807, 2.05) is 13.2 Å². The fourth-order valence-corrected chi connectivity index (χ4v) is 2.35. The van der Waals surface area contributed by atoms with E-state index < -0.39 is 0 Å². The Morgan fingerprint density at radius 2 is 2.18 bits per heavy atom. The van der Waals surface area contributed by atoms with E-state index in [4.69, 9.17) is 0 Å². The molecule has 3 rings (SSSR count). The Balaban J connectivity index is 1.69. The van der Waals surface area contributed by atoms with Crippen LogP contribution in [0.2, 0.25) is 0 Å². The second kappa shape index (κ2) is 4.20. The highest BCUT2D eigenvalue weighted by atomic mass is 15.4. The van der Waals surface area contributed by atoms with Gasteiger partial charge in [0.1, 0.15) is 5.69 Å². The highest BCUT2D eigenvalue weighted by Gasteiger charge is 2.10. The zero-order valence-corrected chi connectivity index (χ0v) is 9.98. The van der Waals surface area contributed by atoms with Crippen LogP contribution in [0.5, 0.6) is 0 Å². The standard InChI is InChI=1S/C13H16N4/c1-17-9-13(15-16-17)8-14-12-6-5-10-3-2-4-11(10)7-12/h5-7,9,14H,2-4,8H2,1H3. The lowest BCUT2D eigenvalue weighted by atomic mass is 10.1. The van der Waals surface area contributed by atoms with Gasteiger partial charge in [0.2, 0.25) is 0 Å². The minimum Gasteiger partial charge on any atom is -0.379 e. The Morgan fingerprint density at radius 3 is 3.00 bits per heavy atom. The number of hydrogen-bond donors (Lipinski definition) is 1. The van der Waals surface area contributed by atoms with Gasteiger partial charge in [-0.2, -0.15) is 0 Å². The quantitative estimate of drug-likeness (QED) is 0.872. The van der Waals surface area contributed by atoms with Crippen LogP contribution < -0.4 is 5.32 Å². The number of aryl methyl sites for hydroxylation is 3. The number of anilines is 1. The summed E-state index contributed by atoms with van der Waals surface area (Å²) < 4.78 is 1.72. The van der Waals surface area contributed by atoms with Gasteiger partial charge in [0.25, 0.3) is 0 Å². The fraction of sp³-hybridized carbons (Fsp3) is 0.385. The molecule has 1 aromatic carbocycles. The number of fused-ring (bicyclic) bond motifs is 1. The van der Waals surface area contributed by atoms with Gasteiger partial charge < -0.3 is 5.32 Å². The van der Waals surface area contributed by atoms with Gasteiger partial charge in [-0.1, -0.05) is 11.3 Å². The summed E-state index contributed by atoms with van der Waals surface area (Å²) in [7, 11) is 1.88. The molecule has 0 radical (unpaired) electrons. The Kier molecular flexibility index (Phi) is 2.55. The van der Waals surface area contributed by atoms with Crippen LogP contribution in [0, 0.1) is 0 Å². The third-order valence-electron chi connectivity index (χ3n) is 3.22. The van der Waals surface area contributed by atoms with E-state index in [2.05, 4.69) is 33.8 Å². The molecule has 0 saturated carbocycles. The zero-order chi connectivity index (χ0) is 11.7. The third-order valence-corrected chi connectivity index (χ3v) is 3.22. The van der Waals surface area contributed by atoms with Crippen molar-refractivity contribution in [3.05, 3.63) is 41.2 Å². The summed E-state index contributed by atoms with van der Waals surface area (Å²) in [4.78, 5) is 0. The lowest BCUT2D eigenvalue weighted by molar-refractivity contribution is 0.713. The lowest BCUT2D eigenvalue weighted by Gasteiger charge is -2.06. The molecule has 1 aliphatic carbocycles. The third kappa shape index (κ3) is 2.16. The van der Waals surface area contributed by atoms with Crippen molar-refractivity contribution in [1.29, 1.82) is 0 Å². The Hall–Kier alpha value is -1.84. The van der Waals surface area contributed by atoms with Crippen LogP contribution in [-0.4, -0.2) is 15.0 Å². The molecule has 0 bridgehead atoms. The van der Waals surface area contributed by atoms with Crippen LogP contribution in [0.25, 0.3) is 0 Å². The number of nitrogens with zero attached hydrogens (tertiary/aromatic N) is 3. The molecule has 1 aliphatic rings. The molecule has 0 atom stereocenters. The molecule has 0 aliphatic heterocycles. The zero-order valence-electron chi connectivity index (χ0n) is 9.98. The number of aromatic nitrogens is 3. The molecule has 0 amide bonds. The Morgan fingerprint density at radius 1 is 1.29 bits per heavy atom. The largest absolute Gasteiger partial charge is 0.379 e. The van der Waals surface area contributed by atoms with Crippen molar-refractivity contribution in [2.24, 2.45) is 7.05 Å². The first-order valence-electron chi connectivity index (χ1n) is 6.02. The predicted octanol–water partition coefficient (Wildman–Crippen LogP) is 1.92.